The molecule has 2 aliphatic heterocycles. The van der Waals surface area contributed by atoms with Crippen molar-refractivity contribution in [2.75, 3.05) is 33.3 Å². The van der Waals surface area contributed by atoms with E-state index in [1.165, 1.54) is 19.4 Å². The van der Waals surface area contributed by atoms with E-state index in [0.29, 0.717) is 6.04 Å². The number of nitrogens with zero attached hydrogens (tertiary/aromatic N) is 2. The molecule has 2 heterocycles. The zero-order chi connectivity index (χ0) is 14.8. The first-order chi connectivity index (χ1) is 10.2. The van der Waals surface area contributed by atoms with Gasteiger partial charge >= 0.3 is 0 Å². The van der Waals surface area contributed by atoms with Crippen molar-refractivity contribution in [3.63, 3.8) is 0 Å². The summed E-state index contributed by atoms with van der Waals surface area (Å²) in [5.41, 5.74) is 0.775. The molecule has 0 aromatic heterocycles. The molecular weight excluding hydrogens is 264 g/mol. The fourth-order valence-electron chi connectivity index (χ4n) is 3.53. The van der Waals surface area contributed by atoms with Crippen LogP contribution in [0.5, 0.6) is 5.75 Å². The van der Waals surface area contributed by atoms with Gasteiger partial charge in [-0.3, -0.25) is 14.6 Å². The highest BCUT2D eigenvalue weighted by Crippen LogP contribution is 2.23. The largest absolute Gasteiger partial charge is 0.497 e. The van der Waals surface area contributed by atoms with Crippen LogP contribution >= 0.6 is 0 Å². The van der Waals surface area contributed by atoms with Crippen molar-refractivity contribution in [2.45, 2.75) is 31.8 Å². The highest BCUT2D eigenvalue weighted by Gasteiger charge is 2.34. The molecule has 4 nitrogen and oxygen atoms in total. The molecule has 3 rings (SSSR count). The Morgan fingerprint density at radius 3 is 2.71 bits per heavy atom. The van der Waals surface area contributed by atoms with Gasteiger partial charge in [-0.1, -0.05) is 0 Å². The second kappa shape index (κ2) is 6.16. The van der Waals surface area contributed by atoms with Gasteiger partial charge in [0.25, 0.3) is 0 Å². The second-order valence-corrected chi connectivity index (χ2v) is 6.10. The van der Waals surface area contributed by atoms with Crippen LogP contribution in [0.15, 0.2) is 24.3 Å². The first kappa shape index (κ1) is 14.5. The van der Waals surface area contributed by atoms with Gasteiger partial charge in [-0.05, 0) is 50.6 Å². The van der Waals surface area contributed by atoms with Crippen LogP contribution in [0.1, 0.15) is 30.1 Å². The normalized spacial score (nSPS) is 24.6. The summed E-state index contributed by atoms with van der Waals surface area (Å²) in [6.07, 6.45) is 2.58. The second-order valence-electron chi connectivity index (χ2n) is 6.10. The van der Waals surface area contributed by atoms with E-state index < -0.39 is 0 Å². The summed E-state index contributed by atoms with van der Waals surface area (Å²) in [5, 5.41) is 0. The van der Waals surface area contributed by atoms with Crippen LogP contribution in [0.25, 0.3) is 0 Å². The van der Waals surface area contributed by atoms with Crippen molar-refractivity contribution in [1.29, 1.82) is 0 Å². The van der Waals surface area contributed by atoms with Crippen molar-refractivity contribution >= 4 is 5.78 Å². The maximum absolute atomic E-state index is 12.6. The monoisotopic (exact) mass is 288 g/mol. The lowest BCUT2D eigenvalue weighted by atomic mass is 10.0. The summed E-state index contributed by atoms with van der Waals surface area (Å²) < 4.78 is 5.15. The van der Waals surface area contributed by atoms with Gasteiger partial charge in [-0.25, -0.2) is 0 Å². The lowest BCUT2D eigenvalue weighted by Crippen LogP contribution is -2.54. The lowest BCUT2D eigenvalue weighted by molar-refractivity contribution is 0.0602. The minimum Gasteiger partial charge on any atom is -0.497 e. The molecular formula is C17H24N2O2. The molecule has 4 heteroatoms. The first-order valence-corrected chi connectivity index (χ1v) is 7.85. The quantitative estimate of drug-likeness (QED) is 0.794. The number of carbonyl (C=O) groups excluding carboxylic acids is 1. The van der Waals surface area contributed by atoms with Gasteiger partial charge in [-0.2, -0.15) is 0 Å². The zero-order valence-electron chi connectivity index (χ0n) is 12.9. The number of hydrogen-bond acceptors (Lipinski definition) is 4. The molecule has 2 fully saturated rings. The molecule has 0 aliphatic carbocycles. The van der Waals surface area contributed by atoms with E-state index in [9.17, 15) is 4.79 Å². The van der Waals surface area contributed by atoms with E-state index in [1.807, 2.05) is 31.2 Å². The Labute approximate surface area is 126 Å². The lowest BCUT2D eigenvalue weighted by Gasteiger charge is -2.40. The number of ether oxygens (including phenoxy) is 1. The Morgan fingerprint density at radius 1 is 1.24 bits per heavy atom. The van der Waals surface area contributed by atoms with E-state index in [1.54, 1.807) is 7.11 Å². The minimum absolute atomic E-state index is 0.0406. The Kier molecular flexibility index (Phi) is 4.27. The molecule has 2 aliphatic rings. The fraction of sp³-hybridized carbons (Fsp3) is 0.588. The summed E-state index contributed by atoms with van der Waals surface area (Å²) >= 11 is 0. The Morgan fingerprint density at radius 2 is 2.00 bits per heavy atom. The summed E-state index contributed by atoms with van der Waals surface area (Å²) in [7, 11) is 1.64. The van der Waals surface area contributed by atoms with Gasteiger partial charge in [-0.15, -0.1) is 0 Å². The molecule has 0 N–H and O–H groups in total. The number of Topliss-reactive ketones (excluding diaryl/α,β-unsaturated/α-hetero) is 1. The maximum Gasteiger partial charge on any atom is 0.179 e. The molecule has 0 bridgehead atoms. The van der Waals surface area contributed by atoms with E-state index >= 15 is 0 Å². The molecule has 1 aromatic rings. The molecule has 0 saturated carbocycles. The third-order valence-corrected chi connectivity index (χ3v) is 4.92. The third-order valence-electron chi connectivity index (χ3n) is 4.92. The van der Waals surface area contributed by atoms with Crippen LogP contribution < -0.4 is 4.74 Å². The van der Waals surface area contributed by atoms with Gasteiger partial charge in [0, 0.05) is 31.2 Å². The topological polar surface area (TPSA) is 32.8 Å². The van der Waals surface area contributed by atoms with Crippen LogP contribution in [0, 0.1) is 0 Å². The number of benzene rings is 1. The van der Waals surface area contributed by atoms with Crippen LogP contribution in [0.2, 0.25) is 0 Å². The van der Waals surface area contributed by atoms with Crippen molar-refractivity contribution < 1.29 is 9.53 Å². The van der Waals surface area contributed by atoms with Crippen molar-refractivity contribution in [2.24, 2.45) is 0 Å². The van der Waals surface area contributed by atoms with Gasteiger partial charge in [0.05, 0.1) is 13.2 Å². The van der Waals surface area contributed by atoms with Crippen LogP contribution in [-0.4, -0.2) is 61.0 Å². The van der Waals surface area contributed by atoms with Gasteiger partial charge in [0.1, 0.15) is 5.75 Å². The fourth-order valence-corrected chi connectivity index (χ4v) is 3.53. The standard InChI is InChI=1S/C17H24N2O2/c1-13(17(20)14-5-7-16(21-2)8-6-14)19-11-10-18-9-3-4-15(18)12-19/h5-8,13,15H,3-4,9-12H2,1-2H3. The van der Waals surface area contributed by atoms with E-state index in [0.717, 1.165) is 30.9 Å². The molecule has 0 spiro atoms. The van der Waals surface area contributed by atoms with Crippen molar-refractivity contribution in [3.05, 3.63) is 29.8 Å². The van der Waals surface area contributed by atoms with Gasteiger partial charge < -0.3 is 4.74 Å². The van der Waals surface area contributed by atoms with Gasteiger partial charge in [0.2, 0.25) is 0 Å². The molecule has 2 saturated heterocycles. The summed E-state index contributed by atoms with van der Waals surface area (Å²) in [6, 6.07) is 8.06. The van der Waals surface area contributed by atoms with Crippen LogP contribution in [-0.2, 0) is 0 Å². The summed E-state index contributed by atoms with van der Waals surface area (Å²) in [5.74, 6) is 1.00. The average molecular weight is 288 g/mol. The number of rotatable bonds is 4. The third kappa shape index (κ3) is 2.97. The highest BCUT2D eigenvalue weighted by atomic mass is 16.5. The Balaban J connectivity index is 1.66. The number of piperazine rings is 1. The Hall–Kier alpha value is -1.39. The SMILES string of the molecule is COc1ccc(C(=O)C(C)N2CCN3CCCC3C2)cc1. The smallest absolute Gasteiger partial charge is 0.179 e. The molecule has 21 heavy (non-hydrogen) atoms. The molecule has 1 aromatic carbocycles. The van der Waals surface area contributed by atoms with Crippen molar-refractivity contribution in [3.8, 4) is 5.75 Å². The Bertz CT molecular complexity index is 500. The van der Waals surface area contributed by atoms with Crippen molar-refractivity contribution in [1.82, 2.24) is 9.80 Å². The first-order valence-electron chi connectivity index (χ1n) is 7.85. The molecule has 2 atom stereocenters. The predicted octanol–water partition coefficient (Wildman–Crippen LogP) is 2.05. The minimum atomic E-state index is -0.0406. The predicted molar refractivity (Wildman–Crippen MR) is 83.0 cm³/mol. The number of carbonyl (C=O) groups is 1. The molecule has 114 valence electrons. The number of methoxy groups -OCH3 is 1. The number of hydrogen-bond donors (Lipinski definition) is 0. The van der Waals surface area contributed by atoms with E-state index in [2.05, 4.69) is 9.80 Å². The van der Waals surface area contributed by atoms with E-state index in [-0.39, 0.29) is 11.8 Å². The average Bonchev–Trinajstić information content (AvgIpc) is 3.01. The summed E-state index contributed by atoms with van der Waals surface area (Å²) in [4.78, 5) is 17.6. The highest BCUT2D eigenvalue weighted by molar-refractivity contribution is 5.99. The number of ketones is 1. The zero-order valence-corrected chi connectivity index (χ0v) is 12.9. The molecule has 2 unspecified atom stereocenters. The van der Waals surface area contributed by atoms with Gasteiger partial charge in [0.15, 0.2) is 5.78 Å². The summed E-state index contributed by atoms with van der Waals surface area (Å²) in [6.45, 7) is 6.41. The van der Waals surface area contributed by atoms with Crippen LogP contribution in [0.4, 0.5) is 0 Å². The van der Waals surface area contributed by atoms with Crippen LogP contribution in [0.3, 0.4) is 0 Å². The molecule has 0 radical (unpaired) electrons. The maximum atomic E-state index is 12.6. The molecule has 0 amide bonds. The van der Waals surface area contributed by atoms with E-state index in [4.69, 9.17) is 4.74 Å². The number of fused-ring (bicyclic) bond motifs is 1.